The van der Waals surface area contributed by atoms with Gasteiger partial charge in [0, 0.05) is 17.8 Å². The Balaban J connectivity index is 1.58. The Morgan fingerprint density at radius 1 is 1.10 bits per heavy atom. The molecule has 0 atom stereocenters. The summed E-state index contributed by atoms with van der Waals surface area (Å²) in [6.07, 6.45) is 5.17. The van der Waals surface area contributed by atoms with Gasteiger partial charge in [-0.1, -0.05) is 36.4 Å². The van der Waals surface area contributed by atoms with Gasteiger partial charge in [-0.05, 0) is 47.7 Å². The number of carbonyl (C=O) groups is 1. The highest BCUT2D eigenvalue weighted by Crippen LogP contribution is 2.21. The van der Waals surface area contributed by atoms with Crippen LogP contribution >= 0.6 is 0 Å². The molecule has 1 aliphatic rings. The van der Waals surface area contributed by atoms with E-state index in [2.05, 4.69) is 17.4 Å². The molecule has 0 saturated carbocycles. The number of hydrogen-bond donors (Lipinski definition) is 2. The molecule has 0 fully saturated rings. The van der Waals surface area contributed by atoms with Crippen molar-refractivity contribution in [1.82, 2.24) is 5.32 Å². The molecular formula is C18H18N2O. The maximum absolute atomic E-state index is 12.0. The van der Waals surface area contributed by atoms with Gasteiger partial charge >= 0.3 is 0 Å². The number of nitrogens with two attached hydrogens (primary N) is 1. The zero-order valence-corrected chi connectivity index (χ0v) is 11.8. The minimum absolute atomic E-state index is 0.0600. The number of fused-ring (bicyclic) bond motifs is 1. The van der Waals surface area contributed by atoms with Crippen molar-refractivity contribution in [2.45, 2.75) is 18.9 Å². The fourth-order valence-corrected chi connectivity index (χ4v) is 2.74. The molecule has 0 unspecified atom stereocenters. The van der Waals surface area contributed by atoms with E-state index < -0.39 is 0 Å². The molecule has 0 heterocycles. The Morgan fingerprint density at radius 3 is 2.48 bits per heavy atom. The molecule has 1 aliphatic carbocycles. The van der Waals surface area contributed by atoms with Gasteiger partial charge in [-0.2, -0.15) is 0 Å². The molecule has 1 amide bonds. The van der Waals surface area contributed by atoms with Crippen molar-refractivity contribution in [3.8, 4) is 0 Å². The summed E-state index contributed by atoms with van der Waals surface area (Å²) in [7, 11) is 0. The first-order valence-electron chi connectivity index (χ1n) is 7.11. The summed E-state index contributed by atoms with van der Waals surface area (Å²) < 4.78 is 0. The van der Waals surface area contributed by atoms with Gasteiger partial charge in [-0.25, -0.2) is 0 Å². The van der Waals surface area contributed by atoms with Crippen molar-refractivity contribution in [2.75, 3.05) is 5.73 Å². The summed E-state index contributed by atoms with van der Waals surface area (Å²) in [4.78, 5) is 12.0. The lowest BCUT2D eigenvalue weighted by Gasteiger charge is -2.09. The average molecular weight is 278 g/mol. The summed E-state index contributed by atoms with van der Waals surface area (Å²) in [5.74, 6) is -0.0600. The lowest BCUT2D eigenvalue weighted by atomic mass is 10.1. The topological polar surface area (TPSA) is 55.1 Å². The monoisotopic (exact) mass is 278 g/mol. The van der Waals surface area contributed by atoms with Crippen LogP contribution in [0.5, 0.6) is 0 Å². The molecule has 0 saturated heterocycles. The van der Waals surface area contributed by atoms with E-state index in [1.165, 1.54) is 11.1 Å². The van der Waals surface area contributed by atoms with Crippen molar-refractivity contribution < 1.29 is 4.79 Å². The van der Waals surface area contributed by atoms with Gasteiger partial charge in [-0.15, -0.1) is 0 Å². The van der Waals surface area contributed by atoms with Crippen LogP contribution < -0.4 is 11.1 Å². The van der Waals surface area contributed by atoms with Gasteiger partial charge < -0.3 is 11.1 Å². The highest BCUT2D eigenvalue weighted by molar-refractivity contribution is 5.92. The summed E-state index contributed by atoms with van der Waals surface area (Å²) in [6.45, 7) is 0. The van der Waals surface area contributed by atoms with E-state index in [9.17, 15) is 4.79 Å². The lowest BCUT2D eigenvalue weighted by Crippen LogP contribution is -2.34. The van der Waals surface area contributed by atoms with Crippen LogP contribution in [-0.4, -0.2) is 11.9 Å². The van der Waals surface area contributed by atoms with Gasteiger partial charge in [0.1, 0.15) is 0 Å². The molecule has 0 aliphatic heterocycles. The summed E-state index contributed by atoms with van der Waals surface area (Å²) in [5, 5.41) is 3.05. The smallest absolute Gasteiger partial charge is 0.244 e. The van der Waals surface area contributed by atoms with Crippen LogP contribution in [0, 0.1) is 0 Å². The van der Waals surface area contributed by atoms with E-state index in [-0.39, 0.29) is 11.9 Å². The number of benzene rings is 2. The fourth-order valence-electron chi connectivity index (χ4n) is 2.74. The number of hydrogen-bond acceptors (Lipinski definition) is 2. The Kier molecular flexibility index (Phi) is 3.73. The van der Waals surface area contributed by atoms with Crippen molar-refractivity contribution in [3.63, 3.8) is 0 Å². The molecule has 0 aromatic heterocycles. The minimum Gasteiger partial charge on any atom is -0.399 e. The number of nitrogen functional groups attached to an aromatic ring is 1. The average Bonchev–Trinajstić information content (AvgIpc) is 2.87. The Morgan fingerprint density at radius 2 is 1.81 bits per heavy atom. The van der Waals surface area contributed by atoms with Crippen LogP contribution in [0.25, 0.3) is 6.08 Å². The first-order valence-corrected chi connectivity index (χ1v) is 7.11. The number of rotatable bonds is 3. The maximum Gasteiger partial charge on any atom is 0.244 e. The van der Waals surface area contributed by atoms with Crippen molar-refractivity contribution in [1.29, 1.82) is 0 Å². The zero-order chi connectivity index (χ0) is 14.7. The number of anilines is 1. The molecule has 21 heavy (non-hydrogen) atoms. The second-order valence-electron chi connectivity index (χ2n) is 5.39. The second kappa shape index (κ2) is 5.83. The quantitative estimate of drug-likeness (QED) is 0.669. The van der Waals surface area contributed by atoms with Crippen LogP contribution in [0.2, 0.25) is 0 Å². The van der Waals surface area contributed by atoms with Gasteiger partial charge in [0.25, 0.3) is 0 Å². The third-order valence-corrected chi connectivity index (χ3v) is 3.74. The van der Waals surface area contributed by atoms with E-state index in [1.807, 2.05) is 36.4 Å². The molecule has 3 N–H and O–H groups in total. The third kappa shape index (κ3) is 3.31. The zero-order valence-electron chi connectivity index (χ0n) is 11.8. The largest absolute Gasteiger partial charge is 0.399 e. The first-order chi connectivity index (χ1) is 10.2. The molecule has 3 nitrogen and oxygen atoms in total. The third-order valence-electron chi connectivity index (χ3n) is 3.74. The van der Waals surface area contributed by atoms with Crippen molar-refractivity contribution in [3.05, 3.63) is 71.3 Å². The molecule has 2 aromatic carbocycles. The van der Waals surface area contributed by atoms with E-state index in [0.717, 1.165) is 18.4 Å². The molecule has 3 heteroatoms. The summed E-state index contributed by atoms with van der Waals surface area (Å²) >= 11 is 0. The summed E-state index contributed by atoms with van der Waals surface area (Å²) in [5.41, 5.74) is 10.0. The number of nitrogens with one attached hydrogen (secondary N) is 1. The van der Waals surface area contributed by atoms with Crippen LogP contribution in [-0.2, 0) is 17.6 Å². The Labute approximate surface area is 124 Å². The highest BCUT2D eigenvalue weighted by atomic mass is 16.1. The molecule has 106 valence electrons. The van der Waals surface area contributed by atoms with E-state index in [1.54, 1.807) is 12.2 Å². The van der Waals surface area contributed by atoms with Crippen LogP contribution in [0.4, 0.5) is 5.69 Å². The maximum atomic E-state index is 12.0. The van der Waals surface area contributed by atoms with Crippen molar-refractivity contribution >= 4 is 17.7 Å². The SMILES string of the molecule is Nc1cccc(/C=C/C(=O)NC2Cc3ccccc3C2)c1. The van der Waals surface area contributed by atoms with E-state index in [0.29, 0.717) is 5.69 Å². The molecule has 0 spiro atoms. The molecule has 3 rings (SSSR count). The van der Waals surface area contributed by atoms with Crippen LogP contribution in [0.3, 0.4) is 0 Å². The second-order valence-corrected chi connectivity index (χ2v) is 5.39. The highest BCUT2D eigenvalue weighted by Gasteiger charge is 2.21. The minimum atomic E-state index is -0.0600. The normalized spacial score (nSPS) is 14.3. The molecule has 0 bridgehead atoms. The number of carbonyl (C=O) groups excluding carboxylic acids is 1. The van der Waals surface area contributed by atoms with Gasteiger partial charge in [0.15, 0.2) is 0 Å². The predicted molar refractivity (Wildman–Crippen MR) is 85.7 cm³/mol. The fraction of sp³-hybridized carbons (Fsp3) is 0.167. The lowest BCUT2D eigenvalue weighted by molar-refractivity contribution is -0.117. The van der Waals surface area contributed by atoms with E-state index >= 15 is 0 Å². The van der Waals surface area contributed by atoms with Gasteiger partial charge in [-0.3, -0.25) is 4.79 Å². The first kappa shape index (κ1) is 13.4. The van der Waals surface area contributed by atoms with Crippen LogP contribution in [0.15, 0.2) is 54.6 Å². The molecule has 2 aromatic rings. The standard InChI is InChI=1S/C18H18N2O/c19-16-7-3-4-13(10-16)8-9-18(21)20-17-11-14-5-1-2-6-15(14)12-17/h1-10,17H,11-12,19H2,(H,20,21)/b9-8+. The van der Waals surface area contributed by atoms with Crippen LogP contribution in [0.1, 0.15) is 16.7 Å². The van der Waals surface area contributed by atoms with E-state index in [4.69, 9.17) is 5.73 Å². The van der Waals surface area contributed by atoms with Gasteiger partial charge in [0.05, 0.1) is 0 Å². The van der Waals surface area contributed by atoms with Gasteiger partial charge in [0.2, 0.25) is 5.91 Å². The summed E-state index contributed by atoms with van der Waals surface area (Å²) in [6, 6.07) is 16.0. The van der Waals surface area contributed by atoms with Crippen molar-refractivity contribution in [2.24, 2.45) is 0 Å². The molecular weight excluding hydrogens is 260 g/mol. The molecule has 0 radical (unpaired) electrons. The Bertz CT molecular complexity index is 666. The Hall–Kier alpha value is -2.55. The predicted octanol–water partition coefficient (Wildman–Crippen LogP) is 2.57. The number of amides is 1.